The number of aliphatic imine (C=N–C) groups is 1. The minimum atomic E-state index is -0.339. The highest BCUT2D eigenvalue weighted by molar-refractivity contribution is 7.07. The summed E-state index contributed by atoms with van der Waals surface area (Å²) in [4.78, 5) is 4.58. The van der Waals surface area contributed by atoms with Crippen molar-refractivity contribution in [1.82, 2.24) is 20.4 Å². The predicted octanol–water partition coefficient (Wildman–Crippen LogP) is 3.21. The molecule has 0 spiro atoms. The maximum absolute atomic E-state index is 13.2. The summed E-state index contributed by atoms with van der Waals surface area (Å²) < 4.78 is 14.7. The van der Waals surface area contributed by atoms with E-state index in [1.807, 2.05) is 12.3 Å². The number of thiophene rings is 1. The lowest BCUT2D eigenvalue weighted by Gasteiger charge is -2.10. The minimum Gasteiger partial charge on any atom is -0.382 e. The van der Waals surface area contributed by atoms with Gasteiger partial charge in [0.15, 0.2) is 5.96 Å². The third kappa shape index (κ3) is 5.36. The number of nitrogens with zero attached hydrogens (tertiary/aromatic N) is 4. The second-order valence-electron chi connectivity index (χ2n) is 6.56. The molecule has 0 atom stereocenters. The molecule has 0 saturated heterocycles. The maximum atomic E-state index is 13.2. The van der Waals surface area contributed by atoms with Crippen molar-refractivity contribution in [2.45, 2.75) is 26.3 Å². The molecule has 4 N–H and O–H groups in total. The van der Waals surface area contributed by atoms with Gasteiger partial charge in [0.25, 0.3) is 0 Å². The molecule has 0 fully saturated rings. The number of rotatable bonds is 8. The highest BCUT2D eigenvalue weighted by Gasteiger charge is 2.16. The molecule has 0 saturated carbocycles. The summed E-state index contributed by atoms with van der Waals surface area (Å²) in [6, 6.07) is 10.0. The van der Waals surface area contributed by atoms with Crippen LogP contribution in [0.5, 0.6) is 0 Å². The summed E-state index contributed by atoms with van der Waals surface area (Å²) in [7, 11) is 0. The Morgan fingerprint density at radius 2 is 2.10 bits per heavy atom. The van der Waals surface area contributed by atoms with Crippen LogP contribution in [0.3, 0.4) is 0 Å². The second kappa shape index (κ2) is 10.4. The molecule has 0 bridgehead atoms. The summed E-state index contributed by atoms with van der Waals surface area (Å²) in [6.07, 6.45) is 1.33. The molecule has 2 aromatic heterocycles. The van der Waals surface area contributed by atoms with E-state index in [9.17, 15) is 9.65 Å². The van der Waals surface area contributed by atoms with Crippen molar-refractivity contribution >= 4 is 23.1 Å². The van der Waals surface area contributed by atoms with Gasteiger partial charge in [-0.3, -0.25) is 0 Å². The standard InChI is InChI=1S/C21H24FN7S/c1-2-25-21(27-13-15-9-11-30-14-15)26-10-3-4-19-18(12-23)20(24)29(28-19)17-7-5-16(22)6-8-17/h5-9,11,14H,2-4,10,13,24H2,1H3,(H2,25,26,27). The van der Waals surface area contributed by atoms with Crippen molar-refractivity contribution in [3.05, 3.63) is 63.7 Å². The van der Waals surface area contributed by atoms with Crippen LogP contribution < -0.4 is 16.4 Å². The molecule has 0 unspecified atom stereocenters. The van der Waals surface area contributed by atoms with Crippen LogP contribution in [0.4, 0.5) is 10.2 Å². The van der Waals surface area contributed by atoms with Gasteiger partial charge in [-0.05, 0) is 66.4 Å². The second-order valence-corrected chi connectivity index (χ2v) is 7.34. The van der Waals surface area contributed by atoms with Crippen LogP contribution in [-0.2, 0) is 13.0 Å². The van der Waals surface area contributed by atoms with Gasteiger partial charge in [-0.2, -0.15) is 21.7 Å². The summed E-state index contributed by atoms with van der Waals surface area (Å²) in [5, 5.41) is 24.6. The Bertz CT molecular complexity index is 1020. The first-order chi connectivity index (χ1) is 14.6. The van der Waals surface area contributed by atoms with Crippen molar-refractivity contribution in [3.63, 3.8) is 0 Å². The number of nitrogen functional groups attached to an aromatic ring is 1. The number of nitriles is 1. The number of guanidine groups is 1. The first-order valence-corrected chi connectivity index (χ1v) is 10.6. The molecule has 3 rings (SSSR count). The lowest BCUT2D eigenvalue weighted by molar-refractivity contribution is 0.627. The Morgan fingerprint density at radius 1 is 1.30 bits per heavy atom. The van der Waals surface area contributed by atoms with E-state index in [1.165, 1.54) is 22.4 Å². The van der Waals surface area contributed by atoms with Crippen LogP contribution in [0.1, 0.15) is 30.2 Å². The average Bonchev–Trinajstić information content (AvgIpc) is 3.37. The number of benzene rings is 1. The van der Waals surface area contributed by atoms with Crippen molar-refractivity contribution in [2.24, 2.45) is 4.99 Å². The van der Waals surface area contributed by atoms with E-state index in [-0.39, 0.29) is 11.6 Å². The molecule has 30 heavy (non-hydrogen) atoms. The van der Waals surface area contributed by atoms with Crippen LogP contribution in [0, 0.1) is 17.1 Å². The molecule has 7 nitrogen and oxygen atoms in total. The largest absolute Gasteiger partial charge is 0.382 e. The molecule has 0 aliphatic heterocycles. The van der Waals surface area contributed by atoms with E-state index in [2.05, 4.69) is 38.2 Å². The number of aryl methyl sites for hydroxylation is 1. The Hall–Kier alpha value is -3.38. The van der Waals surface area contributed by atoms with Gasteiger partial charge in [0.05, 0.1) is 17.9 Å². The van der Waals surface area contributed by atoms with Gasteiger partial charge in [-0.25, -0.2) is 14.1 Å². The van der Waals surface area contributed by atoms with Gasteiger partial charge in [0, 0.05) is 13.1 Å². The Kier molecular flexibility index (Phi) is 7.40. The van der Waals surface area contributed by atoms with Crippen molar-refractivity contribution < 1.29 is 4.39 Å². The topological polar surface area (TPSA) is 104 Å². The molecule has 156 valence electrons. The van der Waals surface area contributed by atoms with Crippen LogP contribution in [0.15, 0.2) is 46.1 Å². The molecule has 0 aliphatic carbocycles. The van der Waals surface area contributed by atoms with Crippen LogP contribution in [-0.4, -0.2) is 28.8 Å². The molecule has 1 aromatic carbocycles. The predicted molar refractivity (Wildman–Crippen MR) is 118 cm³/mol. The first-order valence-electron chi connectivity index (χ1n) is 9.69. The Balaban J connectivity index is 1.61. The van der Waals surface area contributed by atoms with Gasteiger partial charge < -0.3 is 16.4 Å². The summed E-state index contributed by atoms with van der Waals surface area (Å²) in [5.74, 6) is 0.673. The van der Waals surface area contributed by atoms with E-state index >= 15 is 0 Å². The van der Waals surface area contributed by atoms with Crippen molar-refractivity contribution in [3.8, 4) is 11.8 Å². The number of nitrogens with two attached hydrogens (primary N) is 1. The fourth-order valence-corrected chi connectivity index (χ4v) is 3.57. The van der Waals surface area contributed by atoms with E-state index < -0.39 is 0 Å². The lowest BCUT2D eigenvalue weighted by Crippen LogP contribution is -2.37. The third-order valence-corrected chi connectivity index (χ3v) is 5.14. The minimum absolute atomic E-state index is 0.262. The Morgan fingerprint density at radius 3 is 2.77 bits per heavy atom. The van der Waals surface area contributed by atoms with E-state index in [0.717, 1.165) is 18.9 Å². The zero-order valence-corrected chi connectivity index (χ0v) is 17.5. The van der Waals surface area contributed by atoms with Gasteiger partial charge >= 0.3 is 0 Å². The van der Waals surface area contributed by atoms with Crippen LogP contribution in [0.25, 0.3) is 5.69 Å². The van der Waals surface area contributed by atoms with Gasteiger partial charge in [0.1, 0.15) is 23.3 Å². The summed E-state index contributed by atoms with van der Waals surface area (Å²) >= 11 is 1.66. The third-order valence-electron chi connectivity index (χ3n) is 4.40. The highest BCUT2D eigenvalue weighted by atomic mass is 32.1. The smallest absolute Gasteiger partial charge is 0.191 e. The van der Waals surface area contributed by atoms with Crippen LogP contribution >= 0.6 is 11.3 Å². The Labute approximate surface area is 179 Å². The fraction of sp³-hybridized carbons (Fsp3) is 0.286. The highest BCUT2D eigenvalue weighted by Crippen LogP contribution is 2.21. The van der Waals surface area contributed by atoms with Crippen LogP contribution in [0.2, 0.25) is 0 Å². The number of hydrogen-bond donors (Lipinski definition) is 3. The maximum Gasteiger partial charge on any atom is 0.191 e. The van der Waals surface area contributed by atoms with Crippen molar-refractivity contribution in [1.29, 1.82) is 5.26 Å². The van der Waals surface area contributed by atoms with Gasteiger partial charge in [0.2, 0.25) is 0 Å². The molecule has 0 radical (unpaired) electrons. The molecule has 2 heterocycles. The van der Waals surface area contributed by atoms with Crippen molar-refractivity contribution in [2.75, 3.05) is 18.8 Å². The molecule has 3 aromatic rings. The average molecular weight is 426 g/mol. The lowest BCUT2D eigenvalue weighted by atomic mass is 10.1. The zero-order chi connectivity index (χ0) is 21.3. The fourth-order valence-electron chi connectivity index (χ4n) is 2.91. The van der Waals surface area contributed by atoms with E-state index in [1.54, 1.807) is 23.5 Å². The number of aromatic nitrogens is 2. The first kappa shape index (κ1) is 21.3. The monoisotopic (exact) mass is 425 g/mol. The van der Waals surface area contributed by atoms with Gasteiger partial charge in [-0.15, -0.1) is 0 Å². The number of halogens is 1. The number of nitrogens with one attached hydrogen (secondary N) is 2. The molecule has 9 heteroatoms. The molecular formula is C21H24FN7S. The SMILES string of the molecule is CCNC(=NCc1ccsc1)NCCCc1nn(-c2ccc(F)cc2)c(N)c1C#N. The summed E-state index contributed by atoms with van der Waals surface area (Å²) in [6.45, 7) is 4.08. The number of anilines is 1. The summed E-state index contributed by atoms with van der Waals surface area (Å²) in [5.41, 5.74) is 8.88. The quantitative estimate of drug-likeness (QED) is 0.292. The van der Waals surface area contributed by atoms with Gasteiger partial charge in [-0.1, -0.05) is 0 Å². The molecule has 0 aliphatic rings. The zero-order valence-electron chi connectivity index (χ0n) is 16.7. The normalized spacial score (nSPS) is 11.3. The molecule has 0 amide bonds. The van der Waals surface area contributed by atoms with E-state index in [0.29, 0.717) is 36.5 Å². The molecular weight excluding hydrogens is 401 g/mol. The number of hydrogen-bond acceptors (Lipinski definition) is 5. The van der Waals surface area contributed by atoms with E-state index in [4.69, 9.17) is 5.73 Å².